The monoisotopic (exact) mass is 601 g/mol. The van der Waals surface area contributed by atoms with Gasteiger partial charge in [0.2, 0.25) is 0 Å². The molecule has 0 heterocycles. The first-order chi connectivity index (χ1) is 16.4. The van der Waals surface area contributed by atoms with E-state index in [-0.39, 0.29) is 32.0 Å². The zero-order valence-electron chi connectivity index (χ0n) is 17.6. The molecule has 35 heavy (non-hydrogen) atoms. The summed E-state index contributed by atoms with van der Waals surface area (Å²) in [6, 6.07) is 12.5. The van der Waals surface area contributed by atoms with Crippen molar-refractivity contribution in [1.29, 1.82) is 0 Å². The van der Waals surface area contributed by atoms with Gasteiger partial charge in [-0.15, -0.1) is 4.33 Å². The number of aryl methyl sites for hydroxylation is 1. The Kier molecular flexibility index (Phi) is 7.00. The summed E-state index contributed by atoms with van der Waals surface area (Å²) in [6.45, 7) is 1.70. The third kappa shape index (κ3) is 5.10. The number of halogens is 1. The van der Waals surface area contributed by atoms with Crippen LogP contribution in [0.3, 0.4) is 0 Å². The highest BCUT2D eigenvalue weighted by molar-refractivity contribution is 9.10. The van der Waals surface area contributed by atoms with E-state index < -0.39 is 25.0 Å². The van der Waals surface area contributed by atoms with E-state index in [0.29, 0.717) is 32.9 Å². The van der Waals surface area contributed by atoms with Crippen LogP contribution in [0.4, 0.5) is 5.69 Å². The third-order valence-electron chi connectivity index (χ3n) is 5.21. The summed E-state index contributed by atoms with van der Waals surface area (Å²) in [4.78, 5) is -0.385. The molecule has 4 rings (SSSR count). The fourth-order valence-electron chi connectivity index (χ4n) is 3.59. The number of hydrogen-bond acceptors (Lipinski definition) is 9. The fourth-order valence-corrected chi connectivity index (χ4v) is 6.43. The molecular formula is C21H16BrNO9S3. The fraction of sp³-hybridized carbons (Fsp3) is 0.0476. The molecule has 4 N–H and O–H groups in total. The lowest BCUT2D eigenvalue weighted by atomic mass is 10.0. The minimum atomic E-state index is -4.75. The molecule has 0 saturated carbocycles. The molecule has 0 spiro atoms. The van der Waals surface area contributed by atoms with Crippen LogP contribution < -0.4 is 4.72 Å². The Balaban J connectivity index is 1.85. The Morgan fingerprint density at radius 1 is 0.943 bits per heavy atom. The number of sulfonamides is 1. The molecule has 184 valence electrons. The van der Waals surface area contributed by atoms with Gasteiger partial charge in [0.15, 0.2) is 0 Å². The Labute approximate surface area is 212 Å². The number of anilines is 1. The molecule has 0 radical (unpaired) electrons. The molecule has 0 amide bonds. The van der Waals surface area contributed by atoms with Gasteiger partial charge in [-0.25, -0.2) is 13.7 Å². The first-order valence-electron chi connectivity index (χ1n) is 9.56. The summed E-state index contributed by atoms with van der Waals surface area (Å²) >= 11 is 3.87. The van der Waals surface area contributed by atoms with Crippen LogP contribution in [0, 0.1) is 6.92 Å². The van der Waals surface area contributed by atoms with Crippen LogP contribution in [0.15, 0.2) is 73.8 Å². The summed E-state index contributed by atoms with van der Waals surface area (Å²) in [5.74, 6) is 0.0521. The molecule has 14 heteroatoms. The normalized spacial score (nSPS) is 12.3. The van der Waals surface area contributed by atoms with E-state index in [4.69, 9.17) is 5.26 Å². The number of nitrogens with one attached hydrogen (secondary N) is 1. The SMILES string of the molecule is Cc1c(O)cc(Br)c2cc(S(=O)(=O)Nc3cc(S(=O)(=O)O)c4cccc(SOOO)c4c3)ccc12. The average Bonchev–Trinajstić information content (AvgIpc) is 2.79. The van der Waals surface area contributed by atoms with Gasteiger partial charge in [-0.1, -0.05) is 39.2 Å². The molecule has 0 aliphatic rings. The van der Waals surface area contributed by atoms with Crippen molar-refractivity contribution in [2.45, 2.75) is 21.6 Å². The van der Waals surface area contributed by atoms with Gasteiger partial charge in [-0.2, -0.15) is 8.42 Å². The molecule has 0 aromatic heterocycles. The number of phenolic OH excluding ortho intramolecular Hbond substituents is 1. The molecule has 0 atom stereocenters. The van der Waals surface area contributed by atoms with Gasteiger partial charge in [0.1, 0.15) is 10.6 Å². The smallest absolute Gasteiger partial charge is 0.295 e. The van der Waals surface area contributed by atoms with Crippen LogP contribution in [0.2, 0.25) is 0 Å². The first-order valence-corrected chi connectivity index (χ1v) is 14.0. The standard InChI is InChI=1S/C21H16BrNO9S3/c1-11-14-6-5-13(9-16(14)18(22)10-19(11)24)34(26,27)23-12-7-17-15(21(8-12)35(28,29)30)3-2-4-20(17)33-32-31-25/h2-10,23-25H,1H3,(H,28,29,30). The minimum Gasteiger partial charge on any atom is -0.508 e. The van der Waals surface area contributed by atoms with Crippen molar-refractivity contribution >= 4 is 75.3 Å². The van der Waals surface area contributed by atoms with E-state index in [1.54, 1.807) is 13.0 Å². The predicted molar refractivity (Wildman–Crippen MR) is 133 cm³/mol. The maximum atomic E-state index is 13.2. The van der Waals surface area contributed by atoms with E-state index in [1.165, 1.54) is 42.5 Å². The minimum absolute atomic E-state index is 0.0521. The summed E-state index contributed by atoms with van der Waals surface area (Å²) in [7, 11) is -8.97. The first kappa shape index (κ1) is 25.7. The van der Waals surface area contributed by atoms with Gasteiger partial charge in [0, 0.05) is 20.1 Å². The number of aromatic hydroxyl groups is 1. The molecule has 4 aromatic rings. The van der Waals surface area contributed by atoms with Crippen molar-refractivity contribution in [3.05, 3.63) is 64.6 Å². The van der Waals surface area contributed by atoms with Gasteiger partial charge < -0.3 is 5.11 Å². The van der Waals surface area contributed by atoms with E-state index in [2.05, 4.69) is 30.0 Å². The average molecular weight is 602 g/mol. The molecule has 0 fully saturated rings. The Hall–Kier alpha value is -2.43. The van der Waals surface area contributed by atoms with Gasteiger partial charge in [-0.05, 0) is 59.7 Å². The zero-order valence-corrected chi connectivity index (χ0v) is 21.6. The second kappa shape index (κ2) is 9.55. The highest BCUT2D eigenvalue weighted by atomic mass is 79.9. The number of rotatable bonds is 7. The van der Waals surface area contributed by atoms with Crippen molar-refractivity contribution in [2.75, 3.05) is 4.72 Å². The van der Waals surface area contributed by atoms with Crippen molar-refractivity contribution < 1.29 is 41.1 Å². The van der Waals surface area contributed by atoms with Crippen molar-refractivity contribution in [3.63, 3.8) is 0 Å². The Morgan fingerprint density at radius 3 is 2.37 bits per heavy atom. The summed E-state index contributed by atoms with van der Waals surface area (Å²) < 4.78 is 67.5. The third-order valence-corrected chi connectivity index (χ3v) is 8.81. The maximum absolute atomic E-state index is 13.2. The topological polar surface area (TPSA) is 159 Å². The van der Waals surface area contributed by atoms with Crippen molar-refractivity contribution in [1.82, 2.24) is 0 Å². The van der Waals surface area contributed by atoms with Crippen molar-refractivity contribution in [2.24, 2.45) is 0 Å². The zero-order chi connectivity index (χ0) is 25.5. The summed E-state index contributed by atoms with van der Waals surface area (Å²) in [5.41, 5.74) is 0.427. The molecule has 0 aliphatic heterocycles. The van der Waals surface area contributed by atoms with Crippen LogP contribution in [0.25, 0.3) is 21.5 Å². The molecule has 10 nitrogen and oxygen atoms in total. The van der Waals surface area contributed by atoms with Gasteiger partial charge in [0.25, 0.3) is 20.1 Å². The largest absolute Gasteiger partial charge is 0.508 e. The second-order valence-electron chi connectivity index (χ2n) is 7.34. The van der Waals surface area contributed by atoms with Crippen LogP contribution in [-0.4, -0.2) is 31.8 Å². The van der Waals surface area contributed by atoms with Crippen LogP contribution in [0.5, 0.6) is 5.75 Å². The quantitative estimate of drug-likeness (QED) is 0.0953. The van der Waals surface area contributed by atoms with E-state index >= 15 is 0 Å². The highest BCUT2D eigenvalue weighted by Crippen LogP contribution is 2.37. The predicted octanol–water partition coefficient (Wildman–Crippen LogP) is 5.25. The number of fused-ring (bicyclic) bond motifs is 2. The molecular weight excluding hydrogens is 586 g/mol. The highest BCUT2D eigenvalue weighted by Gasteiger charge is 2.22. The Bertz CT molecular complexity index is 1690. The molecule has 0 aliphatic carbocycles. The van der Waals surface area contributed by atoms with Gasteiger partial charge in [0.05, 0.1) is 22.6 Å². The van der Waals surface area contributed by atoms with Gasteiger partial charge >= 0.3 is 0 Å². The number of phenols is 1. The molecule has 4 aromatic carbocycles. The van der Waals surface area contributed by atoms with E-state index in [1.807, 2.05) is 0 Å². The van der Waals surface area contributed by atoms with E-state index in [0.717, 1.165) is 6.07 Å². The lowest BCUT2D eigenvalue weighted by molar-refractivity contribution is -0.432. The maximum Gasteiger partial charge on any atom is 0.295 e. The van der Waals surface area contributed by atoms with Gasteiger partial charge in [-0.3, -0.25) is 9.27 Å². The lowest BCUT2D eigenvalue weighted by Crippen LogP contribution is -2.13. The molecule has 0 bridgehead atoms. The van der Waals surface area contributed by atoms with Crippen LogP contribution in [-0.2, 0) is 29.5 Å². The van der Waals surface area contributed by atoms with Crippen molar-refractivity contribution in [3.8, 4) is 5.75 Å². The number of hydrogen-bond donors (Lipinski definition) is 4. The van der Waals surface area contributed by atoms with E-state index in [9.17, 15) is 26.5 Å². The van der Waals surface area contributed by atoms with Crippen LogP contribution in [0.1, 0.15) is 5.56 Å². The summed E-state index contributed by atoms with van der Waals surface area (Å²) in [6.07, 6.45) is 0. The lowest BCUT2D eigenvalue weighted by Gasteiger charge is -2.14. The molecule has 0 unspecified atom stereocenters. The molecule has 0 saturated heterocycles. The summed E-state index contributed by atoms with van der Waals surface area (Å²) in [5, 5.41) is 23.5. The number of benzene rings is 4. The van der Waals surface area contributed by atoms with Crippen LogP contribution >= 0.6 is 28.0 Å². The second-order valence-corrected chi connectivity index (χ2v) is 12.0. The Morgan fingerprint density at radius 2 is 1.69 bits per heavy atom.